The molecule has 25 heavy (non-hydrogen) atoms. The van der Waals surface area contributed by atoms with E-state index < -0.39 is 4.92 Å². The minimum atomic E-state index is -0.489. The Hall–Kier alpha value is -2.58. The molecule has 130 valence electrons. The first-order valence-corrected chi connectivity index (χ1v) is 8.50. The van der Waals surface area contributed by atoms with Gasteiger partial charge >= 0.3 is 0 Å². The molecule has 7 nitrogen and oxygen atoms in total. The lowest BCUT2D eigenvalue weighted by atomic mass is 10.1. The van der Waals surface area contributed by atoms with Crippen LogP contribution in [-0.4, -0.2) is 22.5 Å². The zero-order valence-electron chi connectivity index (χ0n) is 12.9. The van der Waals surface area contributed by atoms with E-state index in [1.165, 1.54) is 23.9 Å². The smallest absolute Gasteiger partial charge is 0.269 e. The summed E-state index contributed by atoms with van der Waals surface area (Å²) < 4.78 is 0. The summed E-state index contributed by atoms with van der Waals surface area (Å²) in [5, 5.41) is 11.1. The van der Waals surface area contributed by atoms with Gasteiger partial charge in [-0.05, 0) is 29.8 Å². The molecule has 2 amide bonds. The molecule has 0 spiro atoms. The molecule has 0 saturated carbocycles. The standard InChI is InChI=1S/C16H14ClN3O4S/c17-12-3-1-11(2-4-12)9-15(21)18-19-16(22)10-25-14-7-5-13(6-8-14)20(23)24/h1-8H,9-10H2,(H,18,21)(H,19,22). The van der Waals surface area contributed by atoms with Gasteiger partial charge in [-0.25, -0.2) is 0 Å². The predicted octanol–water partition coefficient (Wildman–Crippen LogP) is 2.73. The summed E-state index contributed by atoms with van der Waals surface area (Å²) in [6, 6.07) is 12.7. The second-order valence-corrected chi connectivity index (χ2v) is 6.42. The maximum absolute atomic E-state index is 11.7. The van der Waals surface area contributed by atoms with Gasteiger partial charge in [-0.15, -0.1) is 11.8 Å². The van der Waals surface area contributed by atoms with Crippen molar-refractivity contribution in [2.45, 2.75) is 11.3 Å². The Morgan fingerprint density at radius 3 is 2.20 bits per heavy atom. The van der Waals surface area contributed by atoms with Gasteiger partial charge in [-0.2, -0.15) is 0 Å². The van der Waals surface area contributed by atoms with E-state index in [4.69, 9.17) is 11.6 Å². The van der Waals surface area contributed by atoms with Crippen LogP contribution >= 0.6 is 23.4 Å². The van der Waals surface area contributed by atoms with Gasteiger partial charge < -0.3 is 0 Å². The van der Waals surface area contributed by atoms with Crippen molar-refractivity contribution in [1.29, 1.82) is 0 Å². The summed E-state index contributed by atoms with van der Waals surface area (Å²) in [6.07, 6.45) is 0.118. The average molecular weight is 380 g/mol. The summed E-state index contributed by atoms with van der Waals surface area (Å²) in [7, 11) is 0. The number of rotatable bonds is 6. The monoisotopic (exact) mass is 379 g/mol. The van der Waals surface area contributed by atoms with Gasteiger partial charge in [0.15, 0.2) is 0 Å². The van der Waals surface area contributed by atoms with Gasteiger partial charge in [0.1, 0.15) is 0 Å². The molecule has 0 aliphatic carbocycles. The SMILES string of the molecule is O=C(CSc1ccc([N+](=O)[O-])cc1)NNC(=O)Cc1ccc(Cl)cc1. The number of hydrazine groups is 1. The van der Waals surface area contributed by atoms with Crippen molar-refractivity contribution in [2.24, 2.45) is 0 Å². The van der Waals surface area contributed by atoms with Crippen LogP contribution in [0.25, 0.3) is 0 Å². The quantitative estimate of drug-likeness (QED) is 0.456. The maximum Gasteiger partial charge on any atom is 0.269 e. The molecule has 2 aromatic rings. The summed E-state index contributed by atoms with van der Waals surface area (Å²) in [6.45, 7) is 0. The number of thioether (sulfide) groups is 1. The van der Waals surface area contributed by atoms with E-state index in [1.807, 2.05) is 0 Å². The fourth-order valence-corrected chi connectivity index (χ4v) is 2.64. The number of non-ortho nitro benzene ring substituents is 1. The van der Waals surface area contributed by atoms with Gasteiger partial charge in [-0.3, -0.25) is 30.6 Å². The molecule has 2 N–H and O–H groups in total. The molecule has 0 aliphatic heterocycles. The van der Waals surface area contributed by atoms with Crippen molar-refractivity contribution in [2.75, 3.05) is 5.75 Å². The molecule has 0 heterocycles. The highest BCUT2D eigenvalue weighted by atomic mass is 35.5. The summed E-state index contributed by atoms with van der Waals surface area (Å²) in [4.78, 5) is 34.3. The third-order valence-corrected chi connectivity index (χ3v) is 4.30. The lowest BCUT2D eigenvalue weighted by molar-refractivity contribution is -0.384. The molecule has 0 saturated heterocycles. The number of hydrogen-bond donors (Lipinski definition) is 2. The van der Waals surface area contributed by atoms with Crippen LogP contribution in [-0.2, 0) is 16.0 Å². The topological polar surface area (TPSA) is 101 Å². The van der Waals surface area contributed by atoms with Gasteiger partial charge in [0.05, 0.1) is 17.1 Å². The zero-order chi connectivity index (χ0) is 18.2. The fourth-order valence-electron chi connectivity index (χ4n) is 1.82. The molecule has 0 unspecified atom stereocenters. The van der Waals surface area contributed by atoms with E-state index in [1.54, 1.807) is 36.4 Å². The molecule has 0 fully saturated rings. The first-order chi connectivity index (χ1) is 11.9. The van der Waals surface area contributed by atoms with Crippen LogP contribution in [0.2, 0.25) is 5.02 Å². The second kappa shape index (κ2) is 9.05. The second-order valence-electron chi connectivity index (χ2n) is 4.94. The Labute approximate surface area is 152 Å². The first kappa shape index (κ1) is 18.8. The predicted molar refractivity (Wildman–Crippen MR) is 95.3 cm³/mol. The highest BCUT2D eigenvalue weighted by molar-refractivity contribution is 8.00. The van der Waals surface area contributed by atoms with E-state index in [2.05, 4.69) is 10.9 Å². The van der Waals surface area contributed by atoms with E-state index in [-0.39, 0.29) is 29.7 Å². The Balaban J connectivity index is 1.72. The summed E-state index contributed by atoms with van der Waals surface area (Å²) >= 11 is 6.97. The Kier molecular flexibility index (Phi) is 6.79. The van der Waals surface area contributed by atoms with Crippen molar-refractivity contribution < 1.29 is 14.5 Å². The number of carbonyl (C=O) groups excluding carboxylic acids is 2. The zero-order valence-corrected chi connectivity index (χ0v) is 14.5. The van der Waals surface area contributed by atoms with Gasteiger partial charge in [0, 0.05) is 22.1 Å². The van der Waals surface area contributed by atoms with Crippen molar-refractivity contribution >= 4 is 40.9 Å². The van der Waals surface area contributed by atoms with Crippen LogP contribution < -0.4 is 10.9 Å². The highest BCUT2D eigenvalue weighted by Gasteiger charge is 2.08. The molecule has 0 atom stereocenters. The third kappa shape index (κ3) is 6.44. The van der Waals surface area contributed by atoms with Crippen LogP contribution in [0.4, 0.5) is 5.69 Å². The Morgan fingerprint density at radius 2 is 1.60 bits per heavy atom. The maximum atomic E-state index is 11.7. The van der Waals surface area contributed by atoms with E-state index in [0.29, 0.717) is 9.92 Å². The molecule has 0 radical (unpaired) electrons. The number of nitro groups is 1. The lowest BCUT2D eigenvalue weighted by Crippen LogP contribution is -2.43. The molecule has 2 rings (SSSR count). The normalized spacial score (nSPS) is 10.1. The van der Waals surface area contributed by atoms with Gasteiger partial charge in [-0.1, -0.05) is 23.7 Å². The minimum Gasteiger partial charge on any atom is -0.273 e. The number of nitrogens with zero attached hydrogens (tertiary/aromatic N) is 1. The van der Waals surface area contributed by atoms with Crippen LogP contribution in [0.15, 0.2) is 53.4 Å². The van der Waals surface area contributed by atoms with Crippen LogP contribution in [0.1, 0.15) is 5.56 Å². The van der Waals surface area contributed by atoms with Crippen LogP contribution in [0, 0.1) is 10.1 Å². The number of amides is 2. The summed E-state index contributed by atoms with van der Waals surface area (Å²) in [5.41, 5.74) is 5.42. The van der Waals surface area contributed by atoms with Crippen molar-refractivity contribution in [1.82, 2.24) is 10.9 Å². The number of nitrogens with one attached hydrogen (secondary N) is 2. The minimum absolute atomic E-state index is 0.0109. The average Bonchev–Trinajstić information content (AvgIpc) is 2.60. The van der Waals surface area contributed by atoms with E-state index in [9.17, 15) is 19.7 Å². The largest absolute Gasteiger partial charge is 0.273 e. The van der Waals surface area contributed by atoms with Gasteiger partial charge in [0.25, 0.3) is 5.69 Å². The number of carbonyl (C=O) groups is 2. The van der Waals surface area contributed by atoms with Gasteiger partial charge in [0.2, 0.25) is 11.8 Å². The molecule has 0 aliphatic rings. The molecular weight excluding hydrogens is 366 g/mol. The highest BCUT2D eigenvalue weighted by Crippen LogP contribution is 2.20. The van der Waals surface area contributed by atoms with Crippen LogP contribution in [0.3, 0.4) is 0 Å². The summed E-state index contributed by atoms with van der Waals surface area (Å²) in [5.74, 6) is -0.664. The van der Waals surface area contributed by atoms with Crippen molar-refractivity contribution in [3.63, 3.8) is 0 Å². The van der Waals surface area contributed by atoms with E-state index in [0.717, 1.165) is 5.56 Å². The molecule has 9 heteroatoms. The number of halogens is 1. The Morgan fingerprint density at radius 1 is 1.00 bits per heavy atom. The number of nitro benzene ring substituents is 1. The molecular formula is C16H14ClN3O4S. The molecule has 0 aromatic heterocycles. The fraction of sp³-hybridized carbons (Fsp3) is 0.125. The van der Waals surface area contributed by atoms with Crippen LogP contribution in [0.5, 0.6) is 0 Å². The van der Waals surface area contributed by atoms with Crippen molar-refractivity contribution in [3.8, 4) is 0 Å². The number of benzene rings is 2. The molecule has 2 aromatic carbocycles. The number of hydrogen-bond acceptors (Lipinski definition) is 5. The third-order valence-electron chi connectivity index (χ3n) is 3.04. The lowest BCUT2D eigenvalue weighted by Gasteiger charge is -2.07. The Bertz CT molecular complexity index is 766. The van der Waals surface area contributed by atoms with E-state index >= 15 is 0 Å². The van der Waals surface area contributed by atoms with Crippen molar-refractivity contribution in [3.05, 3.63) is 69.2 Å². The first-order valence-electron chi connectivity index (χ1n) is 7.13. The molecule has 0 bridgehead atoms.